The Balaban J connectivity index is 1.85. The van der Waals surface area contributed by atoms with Crippen LogP contribution in [0, 0.1) is 0 Å². The maximum absolute atomic E-state index is 12.0. The van der Waals surface area contributed by atoms with E-state index in [1.807, 2.05) is 24.3 Å². The molecule has 3 heterocycles. The molecule has 0 amide bonds. The van der Waals surface area contributed by atoms with Gasteiger partial charge in [0, 0.05) is 11.8 Å². The summed E-state index contributed by atoms with van der Waals surface area (Å²) in [6, 6.07) is 7.52. The van der Waals surface area contributed by atoms with E-state index in [4.69, 9.17) is 10.5 Å². The van der Waals surface area contributed by atoms with E-state index in [9.17, 15) is 4.79 Å². The lowest BCUT2D eigenvalue weighted by molar-refractivity contribution is 0.413. The van der Waals surface area contributed by atoms with E-state index >= 15 is 0 Å². The molecule has 1 aliphatic heterocycles. The minimum Gasteiger partial charge on any atom is -0.495 e. The number of rotatable bonds is 2. The topological polar surface area (TPSA) is 98.8 Å². The van der Waals surface area contributed by atoms with Gasteiger partial charge in [-0.3, -0.25) is 4.98 Å². The summed E-state index contributed by atoms with van der Waals surface area (Å²) < 4.78 is 6.76. The molecule has 0 radical (unpaired) electrons. The normalized spacial score (nSPS) is 15.8. The first-order valence-corrected chi connectivity index (χ1v) is 7.23. The number of fused-ring (bicyclic) bond motifs is 3. The Bertz CT molecular complexity index is 944. The zero-order valence-electron chi connectivity index (χ0n) is 12.5. The molecule has 1 aromatic carbocycles. The predicted octanol–water partition coefficient (Wildman–Crippen LogP) is 1.19. The second-order valence-corrected chi connectivity index (χ2v) is 5.49. The van der Waals surface area contributed by atoms with Gasteiger partial charge in [-0.25, -0.2) is 14.5 Å². The number of ether oxygens (including phenoxy) is 1. The average molecular weight is 309 g/mol. The monoisotopic (exact) mass is 309 g/mol. The van der Waals surface area contributed by atoms with Crippen LogP contribution in [0.25, 0.3) is 16.8 Å². The SMILES string of the molecule is COc1cncc(-c2ccc3c(c2)CC(N)c2n[nH]c(=O)n2-3)c1. The molecule has 1 unspecified atom stereocenters. The third-order valence-electron chi connectivity index (χ3n) is 4.07. The molecule has 0 bridgehead atoms. The molecule has 3 aromatic rings. The van der Waals surface area contributed by atoms with Gasteiger partial charge in [0.05, 0.1) is 25.0 Å². The van der Waals surface area contributed by atoms with E-state index in [1.54, 1.807) is 19.5 Å². The number of aromatic nitrogens is 4. The Hall–Kier alpha value is -2.93. The van der Waals surface area contributed by atoms with Crippen LogP contribution in [0.3, 0.4) is 0 Å². The molecular formula is C16H15N5O2. The van der Waals surface area contributed by atoms with Crippen LogP contribution >= 0.6 is 0 Å². The van der Waals surface area contributed by atoms with Crippen LogP contribution in [-0.2, 0) is 6.42 Å². The third kappa shape index (κ3) is 2.13. The highest BCUT2D eigenvalue weighted by Crippen LogP contribution is 2.31. The minimum absolute atomic E-state index is 0.271. The van der Waals surface area contributed by atoms with Gasteiger partial charge in [0.1, 0.15) is 5.75 Å². The van der Waals surface area contributed by atoms with Crippen molar-refractivity contribution < 1.29 is 4.74 Å². The van der Waals surface area contributed by atoms with Crippen LogP contribution < -0.4 is 16.2 Å². The quantitative estimate of drug-likeness (QED) is 0.741. The van der Waals surface area contributed by atoms with E-state index in [1.165, 1.54) is 4.57 Å². The van der Waals surface area contributed by atoms with Crippen LogP contribution in [0.2, 0.25) is 0 Å². The Labute approximate surface area is 131 Å². The molecular weight excluding hydrogens is 294 g/mol. The van der Waals surface area contributed by atoms with Gasteiger partial charge in [-0.1, -0.05) is 6.07 Å². The third-order valence-corrected chi connectivity index (χ3v) is 4.07. The van der Waals surface area contributed by atoms with Crippen molar-refractivity contribution in [2.45, 2.75) is 12.5 Å². The van der Waals surface area contributed by atoms with Crippen molar-refractivity contribution >= 4 is 0 Å². The summed E-state index contributed by atoms with van der Waals surface area (Å²) in [4.78, 5) is 16.2. The standard InChI is InChI=1S/C16H15N5O2/c1-23-12-5-11(7-18-8-12)9-2-3-14-10(4-9)6-13(17)15-19-20-16(22)21(14)15/h2-5,7-8,13H,6,17H2,1H3,(H,20,22). The summed E-state index contributed by atoms with van der Waals surface area (Å²) in [6.07, 6.45) is 4.07. The van der Waals surface area contributed by atoms with Crippen molar-refractivity contribution in [3.05, 3.63) is 58.5 Å². The second kappa shape index (κ2) is 5.06. The molecule has 2 aromatic heterocycles. The van der Waals surface area contributed by atoms with Crippen LogP contribution in [-0.4, -0.2) is 26.9 Å². The summed E-state index contributed by atoms with van der Waals surface area (Å²) in [5.41, 5.74) is 9.64. The first-order chi connectivity index (χ1) is 11.2. The molecule has 0 saturated heterocycles. The zero-order valence-corrected chi connectivity index (χ0v) is 12.5. The first kappa shape index (κ1) is 13.7. The molecule has 7 heteroatoms. The number of nitrogens with one attached hydrogen (secondary N) is 1. The van der Waals surface area contributed by atoms with Gasteiger partial charge in [-0.15, -0.1) is 0 Å². The lowest BCUT2D eigenvalue weighted by Crippen LogP contribution is -2.28. The van der Waals surface area contributed by atoms with Gasteiger partial charge in [0.25, 0.3) is 0 Å². The summed E-state index contributed by atoms with van der Waals surface area (Å²) in [5.74, 6) is 1.27. The van der Waals surface area contributed by atoms with Gasteiger partial charge in [-0.2, -0.15) is 5.10 Å². The number of hydrogen-bond donors (Lipinski definition) is 2. The van der Waals surface area contributed by atoms with E-state index in [2.05, 4.69) is 15.2 Å². The maximum atomic E-state index is 12.0. The number of pyridine rings is 1. The maximum Gasteiger partial charge on any atom is 0.347 e. The molecule has 7 nitrogen and oxygen atoms in total. The highest BCUT2D eigenvalue weighted by atomic mass is 16.5. The molecule has 0 saturated carbocycles. The number of nitrogens with zero attached hydrogens (tertiary/aromatic N) is 3. The Morgan fingerprint density at radius 2 is 2.17 bits per heavy atom. The van der Waals surface area contributed by atoms with Gasteiger partial charge >= 0.3 is 5.69 Å². The summed E-state index contributed by atoms with van der Waals surface area (Å²) in [6.45, 7) is 0. The van der Waals surface area contributed by atoms with Crippen molar-refractivity contribution in [3.8, 4) is 22.6 Å². The molecule has 0 spiro atoms. The fourth-order valence-electron chi connectivity index (χ4n) is 2.95. The molecule has 4 rings (SSSR count). The van der Waals surface area contributed by atoms with E-state index in [0.29, 0.717) is 18.0 Å². The van der Waals surface area contributed by atoms with Crippen molar-refractivity contribution in [3.63, 3.8) is 0 Å². The van der Waals surface area contributed by atoms with Crippen molar-refractivity contribution in [1.29, 1.82) is 0 Å². The molecule has 1 aliphatic rings. The molecule has 0 fully saturated rings. The highest BCUT2D eigenvalue weighted by molar-refractivity contribution is 5.67. The van der Waals surface area contributed by atoms with Gasteiger partial charge < -0.3 is 10.5 Å². The smallest absolute Gasteiger partial charge is 0.347 e. The van der Waals surface area contributed by atoms with E-state index in [0.717, 1.165) is 22.4 Å². The van der Waals surface area contributed by atoms with Gasteiger partial charge in [0.2, 0.25) is 0 Å². The van der Waals surface area contributed by atoms with Crippen molar-refractivity contribution in [2.75, 3.05) is 7.11 Å². The Kier molecular flexibility index (Phi) is 3.02. The molecule has 0 aliphatic carbocycles. The van der Waals surface area contributed by atoms with Crippen molar-refractivity contribution in [2.24, 2.45) is 5.73 Å². The summed E-state index contributed by atoms with van der Waals surface area (Å²) in [7, 11) is 1.61. The fourth-order valence-corrected chi connectivity index (χ4v) is 2.95. The molecule has 23 heavy (non-hydrogen) atoms. The minimum atomic E-state index is -0.305. The number of hydrogen-bond acceptors (Lipinski definition) is 5. The summed E-state index contributed by atoms with van der Waals surface area (Å²) >= 11 is 0. The van der Waals surface area contributed by atoms with E-state index < -0.39 is 0 Å². The molecule has 3 N–H and O–H groups in total. The van der Waals surface area contributed by atoms with Crippen LogP contribution in [0.1, 0.15) is 17.4 Å². The second-order valence-electron chi connectivity index (χ2n) is 5.49. The Morgan fingerprint density at radius 3 is 3.00 bits per heavy atom. The molecule has 1 atom stereocenters. The number of H-pyrrole nitrogens is 1. The number of benzene rings is 1. The average Bonchev–Trinajstić information content (AvgIpc) is 2.97. The lowest BCUT2D eigenvalue weighted by Gasteiger charge is -2.22. The lowest BCUT2D eigenvalue weighted by atomic mass is 9.95. The van der Waals surface area contributed by atoms with Crippen LogP contribution in [0.15, 0.2) is 41.5 Å². The van der Waals surface area contributed by atoms with Crippen LogP contribution in [0.4, 0.5) is 0 Å². The van der Waals surface area contributed by atoms with Crippen molar-refractivity contribution in [1.82, 2.24) is 19.7 Å². The number of nitrogens with two attached hydrogens (primary N) is 1. The van der Waals surface area contributed by atoms with Gasteiger partial charge in [-0.05, 0) is 35.7 Å². The zero-order chi connectivity index (χ0) is 16.0. The summed E-state index contributed by atoms with van der Waals surface area (Å²) in [5, 5.41) is 6.48. The van der Waals surface area contributed by atoms with E-state index in [-0.39, 0.29) is 11.7 Å². The number of aromatic amines is 1. The number of methoxy groups -OCH3 is 1. The van der Waals surface area contributed by atoms with Gasteiger partial charge in [0.15, 0.2) is 5.82 Å². The molecule has 116 valence electrons. The first-order valence-electron chi connectivity index (χ1n) is 7.23. The predicted molar refractivity (Wildman–Crippen MR) is 84.6 cm³/mol. The Morgan fingerprint density at radius 1 is 1.30 bits per heavy atom. The highest BCUT2D eigenvalue weighted by Gasteiger charge is 2.25. The largest absolute Gasteiger partial charge is 0.495 e. The van der Waals surface area contributed by atoms with Crippen LogP contribution in [0.5, 0.6) is 5.75 Å². The fraction of sp³-hybridized carbons (Fsp3) is 0.188.